The molecule has 0 aliphatic rings. The third-order valence-corrected chi connectivity index (χ3v) is 3.39. The van der Waals surface area contributed by atoms with E-state index in [4.69, 9.17) is 16.7 Å². The lowest BCUT2D eigenvalue weighted by molar-refractivity contribution is -0.385. The van der Waals surface area contributed by atoms with E-state index < -0.39 is 16.6 Å². The summed E-state index contributed by atoms with van der Waals surface area (Å²) in [6.07, 6.45) is 0.985. The van der Waals surface area contributed by atoms with Crippen molar-refractivity contribution in [3.8, 4) is 0 Å². The van der Waals surface area contributed by atoms with Gasteiger partial charge in [-0.1, -0.05) is 11.6 Å². The third-order valence-electron chi connectivity index (χ3n) is 2.50. The monoisotopic (exact) mass is 371 g/mol. The Labute approximate surface area is 131 Å². The van der Waals surface area contributed by atoms with Gasteiger partial charge in [0.2, 0.25) is 0 Å². The van der Waals surface area contributed by atoms with Gasteiger partial charge in [-0.15, -0.1) is 0 Å². The minimum Gasteiger partial charge on any atom is -0.478 e. The second-order valence-electron chi connectivity index (χ2n) is 3.90. The molecule has 2 rings (SSSR count). The van der Waals surface area contributed by atoms with Crippen LogP contribution in [0, 0.1) is 10.1 Å². The molecule has 9 heteroatoms. The number of nitrogens with zero attached hydrogens (tertiary/aromatic N) is 2. The van der Waals surface area contributed by atoms with Crippen molar-refractivity contribution in [1.82, 2.24) is 4.98 Å². The summed E-state index contributed by atoms with van der Waals surface area (Å²) in [6.45, 7) is 0. The zero-order chi connectivity index (χ0) is 15.6. The van der Waals surface area contributed by atoms with Crippen molar-refractivity contribution >= 4 is 50.7 Å². The van der Waals surface area contributed by atoms with Crippen LogP contribution in [0.1, 0.15) is 10.4 Å². The first-order valence-corrected chi connectivity index (χ1v) is 6.65. The number of aromatic nitrogens is 1. The van der Waals surface area contributed by atoms with Crippen LogP contribution in [0.15, 0.2) is 34.9 Å². The maximum absolute atomic E-state index is 11.2. The molecule has 0 saturated carbocycles. The van der Waals surface area contributed by atoms with Gasteiger partial charge in [-0.2, -0.15) is 0 Å². The number of carboxylic acids is 1. The number of carbonyl (C=O) groups is 1. The van der Waals surface area contributed by atoms with Crippen molar-refractivity contribution in [2.24, 2.45) is 0 Å². The molecule has 0 saturated heterocycles. The van der Waals surface area contributed by atoms with Crippen molar-refractivity contribution < 1.29 is 14.8 Å². The number of nitro groups is 1. The Hall–Kier alpha value is -2.19. The summed E-state index contributed by atoms with van der Waals surface area (Å²) < 4.78 is 0.603. The summed E-state index contributed by atoms with van der Waals surface area (Å²) in [7, 11) is 0. The van der Waals surface area contributed by atoms with Gasteiger partial charge < -0.3 is 10.4 Å². The lowest BCUT2D eigenvalue weighted by Crippen LogP contribution is -2.06. The summed E-state index contributed by atoms with van der Waals surface area (Å²) in [6, 6.07) is 5.80. The SMILES string of the molecule is O=C(O)c1cc([N+](=O)[O-])cnc1Nc1ccc(Cl)cc1Br. The molecule has 21 heavy (non-hydrogen) atoms. The minimum absolute atomic E-state index is 0.00359. The molecule has 0 aliphatic heterocycles. The number of halogens is 2. The Bertz CT molecular complexity index is 738. The Morgan fingerprint density at radius 3 is 2.71 bits per heavy atom. The molecule has 108 valence electrons. The van der Waals surface area contributed by atoms with Crippen LogP contribution in [0.3, 0.4) is 0 Å². The van der Waals surface area contributed by atoms with Crippen LogP contribution >= 0.6 is 27.5 Å². The zero-order valence-electron chi connectivity index (χ0n) is 10.2. The van der Waals surface area contributed by atoms with Crippen LogP contribution in [0.4, 0.5) is 17.2 Å². The average molecular weight is 373 g/mol. The highest BCUT2D eigenvalue weighted by Gasteiger charge is 2.18. The number of pyridine rings is 1. The Morgan fingerprint density at radius 2 is 2.14 bits per heavy atom. The summed E-state index contributed by atoms with van der Waals surface area (Å²) in [4.78, 5) is 24.9. The van der Waals surface area contributed by atoms with E-state index in [-0.39, 0.29) is 11.4 Å². The second-order valence-corrected chi connectivity index (χ2v) is 5.19. The maximum Gasteiger partial charge on any atom is 0.339 e. The first kappa shape index (κ1) is 15.2. The van der Waals surface area contributed by atoms with Crippen LogP contribution in [-0.2, 0) is 0 Å². The Morgan fingerprint density at radius 1 is 1.43 bits per heavy atom. The van der Waals surface area contributed by atoms with Gasteiger partial charge in [-0.25, -0.2) is 9.78 Å². The van der Waals surface area contributed by atoms with E-state index in [1.165, 1.54) is 0 Å². The molecule has 1 aromatic carbocycles. The molecule has 0 amide bonds. The highest BCUT2D eigenvalue weighted by molar-refractivity contribution is 9.10. The van der Waals surface area contributed by atoms with Crippen molar-refractivity contribution in [3.63, 3.8) is 0 Å². The van der Waals surface area contributed by atoms with Crippen LogP contribution < -0.4 is 5.32 Å². The lowest BCUT2D eigenvalue weighted by atomic mass is 10.2. The van der Waals surface area contributed by atoms with Crippen LogP contribution in [0.2, 0.25) is 5.02 Å². The minimum atomic E-state index is -1.32. The largest absolute Gasteiger partial charge is 0.478 e. The number of carboxylic acid groups (broad SMARTS) is 1. The average Bonchev–Trinajstić information content (AvgIpc) is 2.41. The molecule has 0 fully saturated rings. The number of anilines is 2. The fourth-order valence-corrected chi connectivity index (χ4v) is 2.32. The predicted octanol–water partition coefficient (Wildman–Crippen LogP) is 3.85. The van der Waals surface area contributed by atoms with Crippen molar-refractivity contribution in [2.75, 3.05) is 5.32 Å². The molecular formula is C12H7BrClN3O4. The van der Waals surface area contributed by atoms with Crippen LogP contribution in [0.25, 0.3) is 0 Å². The molecule has 2 aromatic rings. The van der Waals surface area contributed by atoms with E-state index in [0.29, 0.717) is 15.2 Å². The van der Waals surface area contributed by atoms with Crippen molar-refractivity contribution in [2.45, 2.75) is 0 Å². The number of hydrogen-bond acceptors (Lipinski definition) is 5. The molecule has 0 radical (unpaired) electrons. The van der Waals surface area contributed by atoms with E-state index in [0.717, 1.165) is 12.3 Å². The summed E-state index contributed by atoms with van der Waals surface area (Å²) in [5.74, 6) is -1.32. The van der Waals surface area contributed by atoms with E-state index >= 15 is 0 Å². The number of nitrogens with one attached hydrogen (secondary N) is 1. The molecule has 0 atom stereocenters. The summed E-state index contributed by atoms with van der Waals surface area (Å²) >= 11 is 9.09. The van der Waals surface area contributed by atoms with Gasteiger partial charge in [0.05, 0.1) is 10.6 Å². The number of rotatable bonds is 4. The quantitative estimate of drug-likeness (QED) is 0.624. The van der Waals surface area contributed by atoms with E-state index in [9.17, 15) is 14.9 Å². The highest BCUT2D eigenvalue weighted by atomic mass is 79.9. The molecule has 7 nitrogen and oxygen atoms in total. The number of aromatic carboxylic acids is 1. The molecule has 2 N–H and O–H groups in total. The number of benzene rings is 1. The molecule has 1 aromatic heterocycles. The maximum atomic E-state index is 11.2. The standard InChI is InChI=1S/C12H7BrClN3O4/c13-9-3-6(14)1-2-10(9)16-11-8(12(18)19)4-7(5-15-11)17(20)21/h1-5H,(H,15,16)(H,18,19). The van der Waals surface area contributed by atoms with Gasteiger partial charge in [0.15, 0.2) is 0 Å². The summed E-state index contributed by atoms with van der Waals surface area (Å²) in [5.41, 5.74) is -0.164. The van der Waals surface area contributed by atoms with Gasteiger partial charge in [0.25, 0.3) is 5.69 Å². The fraction of sp³-hybridized carbons (Fsp3) is 0. The fourth-order valence-electron chi connectivity index (χ4n) is 1.53. The first-order chi connectivity index (χ1) is 9.88. The van der Waals surface area contributed by atoms with Gasteiger partial charge in [0.1, 0.15) is 17.6 Å². The van der Waals surface area contributed by atoms with Crippen molar-refractivity contribution in [1.29, 1.82) is 0 Å². The molecule has 1 heterocycles. The van der Waals surface area contributed by atoms with E-state index in [1.807, 2.05) is 0 Å². The molecule has 0 aliphatic carbocycles. The smallest absolute Gasteiger partial charge is 0.339 e. The van der Waals surface area contributed by atoms with E-state index in [2.05, 4.69) is 26.2 Å². The van der Waals surface area contributed by atoms with Crippen LogP contribution in [0.5, 0.6) is 0 Å². The van der Waals surface area contributed by atoms with Crippen LogP contribution in [-0.4, -0.2) is 21.0 Å². The molecule has 0 spiro atoms. The molecule has 0 bridgehead atoms. The van der Waals surface area contributed by atoms with Gasteiger partial charge in [-0.3, -0.25) is 10.1 Å². The Balaban J connectivity index is 2.44. The Kier molecular flexibility index (Phi) is 4.39. The van der Waals surface area contributed by atoms with Gasteiger partial charge >= 0.3 is 5.97 Å². The number of hydrogen-bond donors (Lipinski definition) is 2. The topological polar surface area (TPSA) is 105 Å². The predicted molar refractivity (Wildman–Crippen MR) is 80.3 cm³/mol. The third kappa shape index (κ3) is 3.47. The highest BCUT2D eigenvalue weighted by Crippen LogP contribution is 2.30. The van der Waals surface area contributed by atoms with Gasteiger partial charge in [-0.05, 0) is 34.1 Å². The molecular weight excluding hydrogens is 366 g/mol. The summed E-state index contributed by atoms with van der Waals surface area (Å²) in [5, 5.41) is 23.1. The second kappa shape index (κ2) is 6.06. The van der Waals surface area contributed by atoms with Crippen molar-refractivity contribution in [3.05, 3.63) is 55.6 Å². The lowest BCUT2D eigenvalue weighted by Gasteiger charge is -2.10. The first-order valence-electron chi connectivity index (χ1n) is 5.48. The van der Waals surface area contributed by atoms with Gasteiger partial charge in [0, 0.05) is 15.6 Å². The van der Waals surface area contributed by atoms with E-state index in [1.54, 1.807) is 18.2 Å². The molecule has 0 unspecified atom stereocenters. The normalized spacial score (nSPS) is 10.2. The zero-order valence-corrected chi connectivity index (χ0v) is 12.6.